The van der Waals surface area contributed by atoms with Gasteiger partial charge in [0.2, 0.25) is 0 Å². The van der Waals surface area contributed by atoms with Crippen molar-refractivity contribution in [2.75, 3.05) is 6.61 Å². The van der Waals surface area contributed by atoms with Gasteiger partial charge >= 0.3 is 0 Å². The molecule has 14 heavy (non-hydrogen) atoms. The van der Waals surface area contributed by atoms with E-state index in [2.05, 4.69) is 0 Å². The molecule has 1 aromatic rings. The molecule has 0 aliphatic heterocycles. The first-order valence-corrected chi connectivity index (χ1v) is 5.04. The van der Waals surface area contributed by atoms with Gasteiger partial charge in [0, 0.05) is 10.8 Å². The third kappa shape index (κ3) is 0.706. The van der Waals surface area contributed by atoms with Crippen LogP contribution in [-0.4, -0.2) is 17.9 Å². The highest BCUT2D eigenvalue weighted by atomic mass is 19.1. The molecule has 1 N–H and O–H groups in total. The summed E-state index contributed by atoms with van der Waals surface area (Å²) in [7, 11) is 0. The summed E-state index contributed by atoms with van der Waals surface area (Å²) in [6, 6.07) is 9.84. The number of aliphatic hydroxyl groups excluding tert-OH is 1. The summed E-state index contributed by atoms with van der Waals surface area (Å²) in [6.45, 7) is 0.00273. The van der Waals surface area contributed by atoms with Crippen LogP contribution < -0.4 is 0 Å². The molecule has 0 radical (unpaired) electrons. The zero-order chi connectivity index (χ0) is 9.81. The van der Waals surface area contributed by atoms with Gasteiger partial charge in [0.1, 0.15) is 6.17 Å². The van der Waals surface area contributed by atoms with E-state index in [1.54, 1.807) is 0 Å². The van der Waals surface area contributed by atoms with E-state index in [-0.39, 0.29) is 17.4 Å². The van der Waals surface area contributed by atoms with Crippen LogP contribution in [0.3, 0.4) is 0 Å². The average molecular weight is 192 g/mol. The molecule has 1 unspecified atom stereocenters. The highest BCUT2D eigenvalue weighted by molar-refractivity contribution is 5.42. The van der Waals surface area contributed by atoms with Gasteiger partial charge in [-0.2, -0.15) is 0 Å². The highest BCUT2D eigenvalue weighted by Crippen LogP contribution is 2.74. The minimum absolute atomic E-state index is 0.00273. The molecule has 2 heteroatoms. The van der Waals surface area contributed by atoms with E-state index in [9.17, 15) is 4.39 Å². The Morgan fingerprint density at radius 1 is 1.29 bits per heavy atom. The largest absolute Gasteiger partial charge is 0.396 e. The molecular weight excluding hydrogens is 179 g/mol. The molecule has 2 bridgehead atoms. The third-order valence-electron chi connectivity index (χ3n) is 4.02. The third-order valence-corrected chi connectivity index (χ3v) is 4.02. The predicted molar refractivity (Wildman–Crippen MR) is 51.8 cm³/mol. The van der Waals surface area contributed by atoms with Gasteiger partial charge < -0.3 is 5.11 Å². The van der Waals surface area contributed by atoms with Gasteiger partial charge in [-0.25, -0.2) is 4.39 Å². The van der Waals surface area contributed by atoms with E-state index in [1.807, 2.05) is 30.3 Å². The number of benzene rings is 1. The standard InChI is InChI=1S/C12H13FO/c13-10-11(8-14)6-12(10,7-11)9-4-2-1-3-5-9/h1-5,10,14H,6-8H2. The maximum atomic E-state index is 13.8. The lowest BCUT2D eigenvalue weighted by atomic mass is 9.32. The van der Waals surface area contributed by atoms with Crippen molar-refractivity contribution in [2.24, 2.45) is 5.41 Å². The Balaban J connectivity index is 1.91. The molecule has 3 saturated carbocycles. The van der Waals surface area contributed by atoms with Crippen LogP contribution in [0.25, 0.3) is 0 Å². The molecule has 74 valence electrons. The van der Waals surface area contributed by atoms with Crippen molar-refractivity contribution in [3.05, 3.63) is 35.9 Å². The Labute approximate surface area is 82.6 Å². The fraction of sp³-hybridized carbons (Fsp3) is 0.500. The van der Waals surface area contributed by atoms with E-state index in [1.165, 1.54) is 0 Å². The van der Waals surface area contributed by atoms with Crippen molar-refractivity contribution >= 4 is 0 Å². The van der Waals surface area contributed by atoms with E-state index in [4.69, 9.17) is 5.11 Å². The van der Waals surface area contributed by atoms with Crippen molar-refractivity contribution in [1.82, 2.24) is 0 Å². The predicted octanol–water partition coefficient (Wildman–Crippen LogP) is 2.05. The van der Waals surface area contributed by atoms with Gasteiger partial charge in [-0.05, 0) is 18.4 Å². The van der Waals surface area contributed by atoms with Gasteiger partial charge in [-0.15, -0.1) is 0 Å². The number of rotatable bonds is 2. The summed E-state index contributed by atoms with van der Waals surface area (Å²) in [6.07, 6.45) is 0.811. The van der Waals surface area contributed by atoms with Crippen LogP contribution >= 0.6 is 0 Å². The quantitative estimate of drug-likeness (QED) is 0.760. The maximum Gasteiger partial charge on any atom is 0.118 e. The van der Waals surface area contributed by atoms with Crippen molar-refractivity contribution in [3.63, 3.8) is 0 Å². The fourth-order valence-corrected chi connectivity index (χ4v) is 3.20. The zero-order valence-electron chi connectivity index (χ0n) is 7.91. The topological polar surface area (TPSA) is 20.2 Å². The normalized spacial score (nSPS) is 44.0. The van der Waals surface area contributed by atoms with Gasteiger partial charge in [0.05, 0.1) is 6.61 Å². The van der Waals surface area contributed by atoms with Crippen molar-refractivity contribution in [1.29, 1.82) is 0 Å². The summed E-state index contributed by atoms with van der Waals surface area (Å²) in [5.74, 6) is 0. The van der Waals surface area contributed by atoms with Crippen molar-refractivity contribution in [3.8, 4) is 0 Å². The fourth-order valence-electron chi connectivity index (χ4n) is 3.20. The number of halogens is 1. The van der Waals surface area contributed by atoms with Gasteiger partial charge in [0.25, 0.3) is 0 Å². The van der Waals surface area contributed by atoms with Crippen molar-refractivity contribution in [2.45, 2.75) is 24.4 Å². The van der Waals surface area contributed by atoms with E-state index in [0.717, 1.165) is 18.4 Å². The van der Waals surface area contributed by atoms with E-state index < -0.39 is 6.17 Å². The van der Waals surface area contributed by atoms with Crippen LogP contribution in [0.1, 0.15) is 18.4 Å². The lowest BCUT2D eigenvalue weighted by Crippen LogP contribution is -2.76. The SMILES string of the molecule is OCC12CC(c3ccccc3)(C1)C2F. The Morgan fingerprint density at radius 3 is 2.43 bits per heavy atom. The lowest BCUT2D eigenvalue weighted by Gasteiger charge is -2.72. The second kappa shape index (κ2) is 2.37. The van der Waals surface area contributed by atoms with Gasteiger partial charge in [0.15, 0.2) is 0 Å². The average Bonchev–Trinajstić information content (AvgIpc) is 2.18. The Morgan fingerprint density at radius 2 is 1.93 bits per heavy atom. The molecular formula is C12H13FO. The summed E-state index contributed by atoms with van der Waals surface area (Å²) in [4.78, 5) is 0. The van der Waals surface area contributed by atoms with Crippen LogP contribution in [0.2, 0.25) is 0 Å². The molecule has 4 rings (SSSR count). The van der Waals surface area contributed by atoms with Gasteiger partial charge in [-0.3, -0.25) is 0 Å². The maximum absolute atomic E-state index is 13.8. The minimum atomic E-state index is -0.831. The molecule has 0 amide bonds. The van der Waals surface area contributed by atoms with E-state index in [0.29, 0.717) is 0 Å². The molecule has 3 aliphatic carbocycles. The molecule has 1 atom stereocenters. The van der Waals surface area contributed by atoms with Crippen LogP contribution in [0.15, 0.2) is 30.3 Å². The monoisotopic (exact) mass is 192 g/mol. The first-order chi connectivity index (χ1) is 6.73. The number of alkyl halides is 1. The first-order valence-electron chi connectivity index (χ1n) is 5.04. The van der Waals surface area contributed by atoms with Crippen LogP contribution in [0.4, 0.5) is 4.39 Å². The second-order valence-corrected chi connectivity index (χ2v) is 4.76. The smallest absolute Gasteiger partial charge is 0.118 e. The highest BCUT2D eigenvalue weighted by Gasteiger charge is 2.76. The zero-order valence-corrected chi connectivity index (χ0v) is 7.91. The van der Waals surface area contributed by atoms with Crippen LogP contribution in [-0.2, 0) is 5.41 Å². The molecule has 3 aliphatic rings. The number of hydrogen-bond acceptors (Lipinski definition) is 1. The first kappa shape index (κ1) is 8.42. The molecule has 0 saturated heterocycles. The molecule has 1 nitrogen and oxygen atoms in total. The minimum Gasteiger partial charge on any atom is -0.396 e. The summed E-state index contributed by atoms with van der Waals surface area (Å²) in [5, 5.41) is 9.07. The van der Waals surface area contributed by atoms with Crippen LogP contribution in [0, 0.1) is 5.41 Å². The number of hydrogen-bond donors (Lipinski definition) is 1. The summed E-state index contributed by atoms with van der Waals surface area (Å²) < 4.78 is 13.8. The Bertz CT molecular complexity index is 354. The number of aliphatic hydroxyl groups is 1. The van der Waals surface area contributed by atoms with Gasteiger partial charge in [-0.1, -0.05) is 30.3 Å². The Hall–Kier alpha value is -0.890. The summed E-state index contributed by atoms with van der Waals surface area (Å²) >= 11 is 0. The lowest BCUT2D eigenvalue weighted by molar-refractivity contribution is -0.245. The van der Waals surface area contributed by atoms with Crippen LogP contribution in [0.5, 0.6) is 0 Å². The molecule has 0 heterocycles. The molecule has 1 aromatic carbocycles. The summed E-state index contributed by atoms with van der Waals surface area (Å²) in [5.41, 5.74) is 0.475. The molecule has 0 aromatic heterocycles. The Kier molecular flexibility index (Phi) is 1.43. The van der Waals surface area contributed by atoms with Crippen molar-refractivity contribution < 1.29 is 9.50 Å². The molecule has 0 spiro atoms. The second-order valence-electron chi connectivity index (χ2n) is 4.76. The van der Waals surface area contributed by atoms with E-state index >= 15 is 0 Å². The molecule has 3 fully saturated rings.